The van der Waals surface area contributed by atoms with Crippen molar-refractivity contribution >= 4 is 32.3 Å². The van der Waals surface area contributed by atoms with Gasteiger partial charge in [0.1, 0.15) is 11.6 Å². The van der Waals surface area contributed by atoms with E-state index < -0.39 is 27.8 Å². The predicted octanol–water partition coefficient (Wildman–Crippen LogP) is 4.84. The molecular weight excluding hydrogens is 463 g/mol. The molecule has 1 N–H and O–H groups in total. The molecule has 170 valence electrons. The fourth-order valence-electron chi connectivity index (χ4n) is 3.64. The molecule has 1 atom stereocenters. The highest BCUT2D eigenvalue weighted by molar-refractivity contribution is 7.89. The lowest BCUT2D eigenvalue weighted by atomic mass is 10.1. The van der Waals surface area contributed by atoms with E-state index in [9.17, 15) is 21.6 Å². The van der Waals surface area contributed by atoms with Crippen LogP contribution in [0.2, 0.25) is 0 Å². The first kappa shape index (κ1) is 22.6. The first-order valence-corrected chi connectivity index (χ1v) is 12.0. The monoisotopic (exact) mass is 483 g/mol. The second-order valence-electron chi connectivity index (χ2n) is 7.43. The van der Waals surface area contributed by atoms with Crippen molar-refractivity contribution in [3.63, 3.8) is 0 Å². The van der Waals surface area contributed by atoms with Gasteiger partial charge in [0.05, 0.1) is 22.2 Å². The van der Waals surface area contributed by atoms with E-state index in [4.69, 9.17) is 0 Å². The molecule has 0 spiro atoms. The van der Waals surface area contributed by atoms with E-state index in [2.05, 4.69) is 20.3 Å². The van der Waals surface area contributed by atoms with E-state index in [0.29, 0.717) is 41.4 Å². The first-order valence-electron chi connectivity index (χ1n) is 9.78. The summed E-state index contributed by atoms with van der Waals surface area (Å²) in [6, 6.07) is 4.88. The lowest BCUT2D eigenvalue weighted by molar-refractivity contribution is -0.137. The predicted molar refractivity (Wildman–Crippen MR) is 114 cm³/mol. The van der Waals surface area contributed by atoms with Gasteiger partial charge in [-0.05, 0) is 44.9 Å². The Labute approximate surface area is 187 Å². The van der Waals surface area contributed by atoms with Gasteiger partial charge in [0.25, 0.3) is 0 Å². The number of nitrogens with zero attached hydrogens (tertiary/aromatic N) is 4. The van der Waals surface area contributed by atoms with Crippen LogP contribution in [0.25, 0.3) is 0 Å². The van der Waals surface area contributed by atoms with E-state index in [0.717, 1.165) is 17.0 Å². The normalized spacial score (nSPS) is 17.6. The van der Waals surface area contributed by atoms with Gasteiger partial charge in [-0.25, -0.2) is 23.4 Å². The lowest BCUT2D eigenvalue weighted by Crippen LogP contribution is -2.31. The number of sulfonamides is 1. The number of rotatable bonds is 5. The fraction of sp³-hybridized carbons (Fsp3) is 0.350. The van der Waals surface area contributed by atoms with Crippen LogP contribution < -0.4 is 5.32 Å². The smallest absolute Gasteiger partial charge is 0.316 e. The number of thiazole rings is 1. The largest absolute Gasteiger partial charge is 0.416 e. The molecule has 4 rings (SSSR count). The van der Waals surface area contributed by atoms with Crippen molar-refractivity contribution in [1.29, 1.82) is 0 Å². The summed E-state index contributed by atoms with van der Waals surface area (Å²) in [6.07, 6.45) is -1.83. The van der Waals surface area contributed by atoms with E-state index >= 15 is 0 Å². The molecule has 1 fully saturated rings. The van der Waals surface area contributed by atoms with Crippen LogP contribution in [0.3, 0.4) is 0 Å². The van der Waals surface area contributed by atoms with Gasteiger partial charge in [-0.1, -0.05) is 6.07 Å². The second-order valence-corrected chi connectivity index (χ2v) is 10.6. The quantitative estimate of drug-likeness (QED) is 0.559. The van der Waals surface area contributed by atoms with E-state index in [-0.39, 0.29) is 11.4 Å². The number of benzene rings is 1. The average molecular weight is 484 g/mol. The molecule has 0 radical (unpaired) electrons. The molecule has 1 aromatic carbocycles. The number of alkyl halides is 3. The van der Waals surface area contributed by atoms with Gasteiger partial charge in [0.2, 0.25) is 10.0 Å². The molecule has 1 aliphatic heterocycles. The van der Waals surface area contributed by atoms with Crippen molar-refractivity contribution < 1.29 is 21.6 Å². The van der Waals surface area contributed by atoms with Gasteiger partial charge in [-0.15, -0.1) is 11.3 Å². The standard InChI is InChI=1S/C20H20F3N5O2S2/c1-12-11-24-19(31-12)27-18-10-16(25-13(2)26-18)17-7-4-8-28(17)32(29,30)15-6-3-5-14(9-15)20(21,22)23/h3,5-6,9-11,17H,4,7-8H2,1-2H3,(H,24,25,26,27). The van der Waals surface area contributed by atoms with Gasteiger partial charge in [0, 0.05) is 23.7 Å². The number of aromatic nitrogens is 3. The SMILES string of the molecule is Cc1nc(Nc2ncc(C)s2)cc(C2CCCN2S(=O)(=O)c2cccc(C(F)(F)F)c2)n1. The maximum Gasteiger partial charge on any atom is 0.416 e. The van der Waals surface area contributed by atoms with E-state index in [1.165, 1.54) is 21.7 Å². The molecule has 0 aliphatic carbocycles. The molecule has 3 aromatic rings. The van der Waals surface area contributed by atoms with Gasteiger partial charge in [-0.2, -0.15) is 17.5 Å². The van der Waals surface area contributed by atoms with Crippen molar-refractivity contribution in [3.8, 4) is 0 Å². The van der Waals surface area contributed by atoms with Crippen LogP contribution >= 0.6 is 11.3 Å². The van der Waals surface area contributed by atoms with Crippen LogP contribution in [-0.4, -0.2) is 34.2 Å². The Hall–Kier alpha value is -2.57. The zero-order chi connectivity index (χ0) is 23.1. The molecule has 0 bridgehead atoms. The highest BCUT2D eigenvalue weighted by Gasteiger charge is 2.39. The highest BCUT2D eigenvalue weighted by atomic mass is 32.2. The molecule has 1 saturated heterocycles. The van der Waals surface area contributed by atoms with Crippen LogP contribution in [0.5, 0.6) is 0 Å². The Morgan fingerprint density at radius 3 is 2.66 bits per heavy atom. The lowest BCUT2D eigenvalue weighted by Gasteiger charge is -2.24. The minimum Gasteiger partial charge on any atom is -0.316 e. The summed E-state index contributed by atoms with van der Waals surface area (Å²) in [5.74, 6) is 0.923. The molecule has 0 amide bonds. The Kier molecular flexibility index (Phi) is 5.94. The Morgan fingerprint density at radius 2 is 1.97 bits per heavy atom. The third kappa shape index (κ3) is 4.62. The van der Waals surface area contributed by atoms with Crippen molar-refractivity contribution in [2.75, 3.05) is 11.9 Å². The topological polar surface area (TPSA) is 88.1 Å². The average Bonchev–Trinajstić information content (AvgIpc) is 3.36. The number of hydrogen-bond acceptors (Lipinski definition) is 7. The Balaban J connectivity index is 1.66. The molecule has 0 saturated carbocycles. The second kappa shape index (κ2) is 8.41. The summed E-state index contributed by atoms with van der Waals surface area (Å²) in [5, 5.41) is 3.75. The Bertz CT molecular complexity index is 1240. The fourth-order valence-corrected chi connectivity index (χ4v) is 6.03. The zero-order valence-corrected chi connectivity index (χ0v) is 18.9. The van der Waals surface area contributed by atoms with Gasteiger partial charge in [0.15, 0.2) is 5.13 Å². The maximum absolute atomic E-state index is 13.3. The minimum atomic E-state index is -4.63. The van der Waals surface area contributed by atoms with Crippen LogP contribution in [0.4, 0.5) is 24.1 Å². The maximum atomic E-state index is 13.3. The Morgan fingerprint density at radius 1 is 1.19 bits per heavy atom. The number of nitrogens with one attached hydrogen (secondary N) is 1. The molecule has 1 unspecified atom stereocenters. The summed E-state index contributed by atoms with van der Waals surface area (Å²) in [6.45, 7) is 3.82. The zero-order valence-electron chi connectivity index (χ0n) is 17.2. The van der Waals surface area contributed by atoms with Crippen LogP contribution in [-0.2, 0) is 16.2 Å². The van der Waals surface area contributed by atoms with Crippen LogP contribution in [0.15, 0.2) is 41.4 Å². The molecular formula is C20H20F3N5O2S2. The summed E-state index contributed by atoms with van der Waals surface area (Å²) in [5.41, 5.74) is -0.515. The number of hydrogen-bond donors (Lipinski definition) is 1. The van der Waals surface area contributed by atoms with Gasteiger partial charge >= 0.3 is 6.18 Å². The van der Waals surface area contributed by atoms with Crippen molar-refractivity contribution in [2.24, 2.45) is 0 Å². The van der Waals surface area contributed by atoms with Crippen LogP contribution in [0, 0.1) is 13.8 Å². The van der Waals surface area contributed by atoms with E-state index in [1.54, 1.807) is 19.2 Å². The number of halogens is 3. The van der Waals surface area contributed by atoms with Crippen molar-refractivity contribution in [1.82, 2.24) is 19.3 Å². The van der Waals surface area contributed by atoms with E-state index in [1.807, 2.05) is 6.92 Å². The highest BCUT2D eigenvalue weighted by Crippen LogP contribution is 2.38. The van der Waals surface area contributed by atoms with Crippen molar-refractivity contribution in [2.45, 2.75) is 43.8 Å². The van der Waals surface area contributed by atoms with Gasteiger partial charge < -0.3 is 5.32 Å². The molecule has 7 nitrogen and oxygen atoms in total. The summed E-state index contributed by atoms with van der Waals surface area (Å²) < 4.78 is 67.1. The third-order valence-electron chi connectivity index (χ3n) is 5.03. The summed E-state index contributed by atoms with van der Waals surface area (Å²) >= 11 is 1.45. The molecule has 32 heavy (non-hydrogen) atoms. The molecule has 3 heterocycles. The summed E-state index contributed by atoms with van der Waals surface area (Å²) in [7, 11) is -4.16. The van der Waals surface area contributed by atoms with Crippen molar-refractivity contribution in [3.05, 3.63) is 58.5 Å². The molecule has 2 aromatic heterocycles. The number of anilines is 2. The third-order valence-corrected chi connectivity index (χ3v) is 7.76. The van der Waals surface area contributed by atoms with Gasteiger partial charge in [-0.3, -0.25) is 0 Å². The first-order chi connectivity index (χ1) is 15.0. The molecule has 12 heteroatoms. The summed E-state index contributed by atoms with van der Waals surface area (Å²) in [4.78, 5) is 13.6. The molecule has 1 aliphatic rings. The minimum absolute atomic E-state index is 0.195. The number of aryl methyl sites for hydroxylation is 2. The van der Waals surface area contributed by atoms with Crippen LogP contribution in [0.1, 0.15) is 40.8 Å².